The highest BCUT2D eigenvalue weighted by atomic mass is 35.5. The van der Waals surface area contributed by atoms with Crippen LogP contribution < -0.4 is 9.62 Å². The fourth-order valence-corrected chi connectivity index (χ4v) is 5.21. The third kappa shape index (κ3) is 7.35. The minimum Gasteiger partial charge on any atom is -0.357 e. The summed E-state index contributed by atoms with van der Waals surface area (Å²) in [6, 6.07) is 9.84. The second-order valence-electron chi connectivity index (χ2n) is 8.30. The number of amides is 2. The predicted molar refractivity (Wildman–Crippen MR) is 138 cm³/mol. The lowest BCUT2D eigenvalue weighted by atomic mass is 10.1. The lowest BCUT2D eigenvalue weighted by Gasteiger charge is -2.29. The number of carbonyl (C=O) groups is 2. The highest BCUT2D eigenvalue weighted by Gasteiger charge is 2.27. The van der Waals surface area contributed by atoms with Gasteiger partial charge in [-0.15, -0.1) is 0 Å². The van der Waals surface area contributed by atoms with Crippen molar-refractivity contribution < 1.29 is 18.0 Å². The van der Waals surface area contributed by atoms with Gasteiger partial charge < -0.3 is 10.2 Å². The van der Waals surface area contributed by atoms with E-state index in [-0.39, 0.29) is 37.7 Å². The number of nitrogens with zero attached hydrogens (tertiary/aromatic N) is 2. The van der Waals surface area contributed by atoms with Crippen LogP contribution in [0.2, 0.25) is 10.0 Å². The van der Waals surface area contributed by atoms with Crippen LogP contribution in [-0.4, -0.2) is 51.0 Å². The third-order valence-electron chi connectivity index (χ3n) is 5.45. The second kappa shape index (κ2) is 11.9. The Labute approximate surface area is 212 Å². The molecule has 186 valence electrons. The van der Waals surface area contributed by atoms with Crippen LogP contribution in [0.4, 0.5) is 5.69 Å². The molecule has 1 unspecified atom stereocenters. The molecule has 0 aliphatic rings. The zero-order valence-corrected chi connectivity index (χ0v) is 22.4. The van der Waals surface area contributed by atoms with Crippen LogP contribution in [0.3, 0.4) is 0 Å². The van der Waals surface area contributed by atoms with Crippen LogP contribution >= 0.6 is 23.2 Å². The van der Waals surface area contributed by atoms with E-state index in [9.17, 15) is 18.0 Å². The fourth-order valence-electron chi connectivity index (χ4n) is 3.74. The summed E-state index contributed by atoms with van der Waals surface area (Å²) in [4.78, 5) is 26.9. The summed E-state index contributed by atoms with van der Waals surface area (Å²) in [5, 5.41) is 3.35. The molecule has 2 amide bonds. The highest BCUT2D eigenvalue weighted by molar-refractivity contribution is 7.92. The van der Waals surface area contributed by atoms with E-state index in [4.69, 9.17) is 23.2 Å². The number of hydrogen-bond donors (Lipinski definition) is 1. The minimum absolute atomic E-state index is 0.0419. The zero-order valence-electron chi connectivity index (χ0n) is 20.1. The van der Waals surface area contributed by atoms with Crippen molar-refractivity contribution in [1.29, 1.82) is 0 Å². The summed E-state index contributed by atoms with van der Waals surface area (Å²) < 4.78 is 26.2. The van der Waals surface area contributed by atoms with Crippen LogP contribution in [-0.2, 0) is 26.2 Å². The molecule has 0 aliphatic carbocycles. The average Bonchev–Trinajstić information content (AvgIpc) is 2.73. The predicted octanol–water partition coefficient (Wildman–Crippen LogP) is 4.32. The molecule has 0 bridgehead atoms. The minimum atomic E-state index is -3.55. The van der Waals surface area contributed by atoms with Crippen molar-refractivity contribution in [2.24, 2.45) is 0 Å². The maximum absolute atomic E-state index is 13.2. The van der Waals surface area contributed by atoms with Crippen molar-refractivity contribution in [3.05, 3.63) is 63.1 Å². The molecule has 2 aromatic rings. The van der Waals surface area contributed by atoms with Gasteiger partial charge in [-0.3, -0.25) is 13.9 Å². The van der Waals surface area contributed by atoms with E-state index >= 15 is 0 Å². The summed E-state index contributed by atoms with van der Waals surface area (Å²) in [5.41, 5.74) is 3.00. The molecule has 1 atom stereocenters. The smallest absolute Gasteiger partial charge is 0.242 e. The fraction of sp³-hybridized carbons (Fsp3) is 0.417. The number of halogens is 2. The number of rotatable bonds is 10. The Balaban J connectivity index is 2.22. The molecule has 0 spiro atoms. The quantitative estimate of drug-likeness (QED) is 0.498. The number of benzene rings is 2. The Morgan fingerprint density at radius 2 is 1.62 bits per heavy atom. The SMILES string of the molecule is CNC(=O)C(C)N(Cc1c(Cl)cccc1Cl)C(=O)CCCN(c1cc(C)cc(C)c1)S(C)(=O)=O. The van der Waals surface area contributed by atoms with Crippen molar-refractivity contribution in [3.63, 3.8) is 0 Å². The number of hydrogen-bond acceptors (Lipinski definition) is 4. The van der Waals surface area contributed by atoms with E-state index in [1.165, 1.54) is 16.3 Å². The van der Waals surface area contributed by atoms with Gasteiger partial charge in [-0.25, -0.2) is 8.42 Å². The van der Waals surface area contributed by atoms with Gasteiger partial charge in [-0.1, -0.05) is 35.3 Å². The summed E-state index contributed by atoms with van der Waals surface area (Å²) in [6.07, 6.45) is 1.46. The molecule has 34 heavy (non-hydrogen) atoms. The van der Waals surface area contributed by atoms with Gasteiger partial charge in [-0.2, -0.15) is 0 Å². The van der Waals surface area contributed by atoms with Crippen molar-refractivity contribution >= 4 is 50.7 Å². The number of anilines is 1. The Kier molecular flexibility index (Phi) is 9.79. The molecular weight excluding hydrogens is 497 g/mol. The number of nitrogens with one attached hydrogen (secondary N) is 1. The molecular formula is C24H31Cl2N3O4S. The van der Waals surface area contributed by atoms with Crippen LogP contribution in [0.1, 0.15) is 36.5 Å². The molecule has 2 aromatic carbocycles. The van der Waals surface area contributed by atoms with E-state index < -0.39 is 16.1 Å². The number of likely N-dealkylation sites (N-methyl/N-ethyl adjacent to an activating group) is 1. The highest BCUT2D eigenvalue weighted by Crippen LogP contribution is 2.27. The van der Waals surface area contributed by atoms with E-state index in [2.05, 4.69) is 5.32 Å². The Morgan fingerprint density at radius 3 is 2.12 bits per heavy atom. The maximum Gasteiger partial charge on any atom is 0.242 e. The molecule has 2 rings (SSSR count). The molecule has 7 nitrogen and oxygen atoms in total. The molecule has 10 heteroatoms. The van der Waals surface area contributed by atoms with Gasteiger partial charge in [0.2, 0.25) is 21.8 Å². The van der Waals surface area contributed by atoms with Crippen molar-refractivity contribution in [1.82, 2.24) is 10.2 Å². The van der Waals surface area contributed by atoms with E-state index in [0.717, 1.165) is 17.4 Å². The lowest BCUT2D eigenvalue weighted by Crippen LogP contribution is -2.47. The Bertz CT molecular complexity index is 1110. The van der Waals surface area contributed by atoms with Crippen LogP contribution in [0.5, 0.6) is 0 Å². The lowest BCUT2D eigenvalue weighted by molar-refractivity contribution is -0.140. The van der Waals surface area contributed by atoms with Gasteiger partial charge in [0.1, 0.15) is 6.04 Å². The summed E-state index contributed by atoms with van der Waals surface area (Å²) in [5.74, 6) is -0.634. The number of sulfonamides is 1. The van der Waals surface area contributed by atoms with Crippen molar-refractivity contribution in [2.45, 2.75) is 46.2 Å². The van der Waals surface area contributed by atoms with Gasteiger partial charge in [0.15, 0.2) is 0 Å². The first-order valence-electron chi connectivity index (χ1n) is 10.8. The second-order valence-corrected chi connectivity index (χ2v) is 11.0. The van der Waals surface area contributed by atoms with Gasteiger partial charge in [0.25, 0.3) is 0 Å². The topological polar surface area (TPSA) is 86.8 Å². The van der Waals surface area contributed by atoms with Gasteiger partial charge in [0.05, 0.1) is 11.9 Å². The molecule has 0 aliphatic heterocycles. The Morgan fingerprint density at radius 1 is 1.06 bits per heavy atom. The summed E-state index contributed by atoms with van der Waals surface area (Å²) >= 11 is 12.6. The Hall–Kier alpha value is -2.29. The van der Waals surface area contributed by atoms with Gasteiger partial charge in [0, 0.05) is 42.2 Å². The van der Waals surface area contributed by atoms with Gasteiger partial charge in [-0.05, 0) is 62.6 Å². The van der Waals surface area contributed by atoms with E-state index in [1.807, 2.05) is 19.9 Å². The average molecular weight is 529 g/mol. The standard InChI is InChI=1S/C24H31Cl2N3O4S/c1-16-12-17(2)14-19(13-16)29(34(5,32)33)11-7-10-23(30)28(18(3)24(31)27-4)15-20-21(25)8-6-9-22(20)26/h6,8-9,12-14,18H,7,10-11,15H2,1-5H3,(H,27,31). The summed E-state index contributed by atoms with van der Waals surface area (Å²) in [6.45, 7) is 5.61. The first-order valence-corrected chi connectivity index (χ1v) is 13.5. The van der Waals surface area contributed by atoms with E-state index in [1.54, 1.807) is 37.3 Å². The molecule has 0 saturated carbocycles. The molecule has 0 fully saturated rings. The van der Waals surface area contributed by atoms with E-state index in [0.29, 0.717) is 21.3 Å². The molecule has 0 radical (unpaired) electrons. The molecule has 0 aromatic heterocycles. The van der Waals surface area contributed by atoms with Crippen LogP contribution in [0.15, 0.2) is 36.4 Å². The van der Waals surface area contributed by atoms with Crippen molar-refractivity contribution in [3.8, 4) is 0 Å². The number of aryl methyl sites for hydroxylation is 2. The van der Waals surface area contributed by atoms with Gasteiger partial charge >= 0.3 is 0 Å². The third-order valence-corrected chi connectivity index (χ3v) is 7.35. The molecule has 0 saturated heterocycles. The van der Waals surface area contributed by atoms with Crippen molar-refractivity contribution in [2.75, 3.05) is 24.2 Å². The largest absolute Gasteiger partial charge is 0.357 e. The van der Waals surface area contributed by atoms with Crippen LogP contribution in [0.25, 0.3) is 0 Å². The molecule has 0 heterocycles. The first-order chi connectivity index (χ1) is 15.8. The zero-order chi connectivity index (χ0) is 25.6. The number of carbonyl (C=O) groups excluding carboxylic acids is 2. The van der Waals surface area contributed by atoms with Crippen LogP contribution in [0, 0.1) is 13.8 Å². The monoisotopic (exact) mass is 527 g/mol. The normalized spacial score (nSPS) is 12.2. The molecule has 1 N–H and O–H groups in total. The maximum atomic E-state index is 13.2. The summed E-state index contributed by atoms with van der Waals surface area (Å²) in [7, 11) is -2.06. The first kappa shape index (κ1) is 28.0.